The monoisotopic (exact) mass is 384 g/mol. The number of rotatable bonds is 6. The van der Waals surface area contributed by atoms with Crippen molar-refractivity contribution in [1.29, 1.82) is 0 Å². The van der Waals surface area contributed by atoms with Crippen LogP contribution < -0.4 is 5.32 Å². The van der Waals surface area contributed by atoms with Crippen molar-refractivity contribution in [2.75, 3.05) is 0 Å². The number of ether oxygens (including phenoxy) is 1. The lowest BCUT2D eigenvalue weighted by Crippen LogP contribution is -2.29. The van der Waals surface area contributed by atoms with Gasteiger partial charge in [0.2, 0.25) is 0 Å². The average Bonchev–Trinajstić information content (AvgIpc) is 2.66. The van der Waals surface area contributed by atoms with Crippen LogP contribution in [0.3, 0.4) is 0 Å². The van der Waals surface area contributed by atoms with Gasteiger partial charge in [0.25, 0.3) is 0 Å². The van der Waals surface area contributed by atoms with Crippen LogP contribution >= 0.6 is 11.6 Å². The van der Waals surface area contributed by atoms with Crippen molar-refractivity contribution in [1.82, 2.24) is 10.3 Å². The molecule has 0 saturated carbocycles. The first kappa shape index (κ1) is 18.9. The van der Waals surface area contributed by atoms with Gasteiger partial charge in [-0.15, -0.1) is 6.58 Å². The first-order chi connectivity index (χ1) is 13.1. The summed E-state index contributed by atoms with van der Waals surface area (Å²) in [7, 11) is 0. The van der Waals surface area contributed by atoms with Crippen molar-refractivity contribution in [2.45, 2.75) is 19.1 Å². The number of hydrogen-bond acceptors (Lipinski definition) is 3. The Morgan fingerprint density at radius 1 is 1.26 bits per heavy atom. The van der Waals surface area contributed by atoms with Gasteiger partial charge in [-0.05, 0) is 30.2 Å². The van der Waals surface area contributed by atoms with E-state index < -0.39 is 12.1 Å². The van der Waals surface area contributed by atoms with Crippen LogP contribution in [0.4, 0.5) is 9.18 Å². The van der Waals surface area contributed by atoms with Gasteiger partial charge in [0.1, 0.15) is 17.6 Å². The second kappa shape index (κ2) is 8.64. The van der Waals surface area contributed by atoms with Crippen LogP contribution in [0, 0.1) is 5.82 Å². The molecule has 27 heavy (non-hydrogen) atoms. The Kier molecular flexibility index (Phi) is 6.04. The molecule has 0 aliphatic rings. The summed E-state index contributed by atoms with van der Waals surface area (Å²) >= 11 is 6.28. The predicted octanol–water partition coefficient (Wildman–Crippen LogP) is 5.57. The summed E-state index contributed by atoms with van der Waals surface area (Å²) in [6.45, 7) is 3.89. The lowest BCUT2D eigenvalue weighted by atomic mass is 10.0. The third-order valence-corrected chi connectivity index (χ3v) is 4.35. The molecular formula is C21H18ClFN2O2. The number of halogens is 2. The Bertz CT molecular complexity index is 963. The smallest absolute Gasteiger partial charge is 0.407 e. The van der Waals surface area contributed by atoms with Crippen molar-refractivity contribution in [3.63, 3.8) is 0 Å². The molecule has 4 nitrogen and oxygen atoms in total. The average molecular weight is 385 g/mol. The van der Waals surface area contributed by atoms with E-state index in [0.29, 0.717) is 17.5 Å². The van der Waals surface area contributed by atoms with Crippen molar-refractivity contribution in [3.05, 3.63) is 89.3 Å². The number of hydrogen-bond donors (Lipinski definition) is 1. The highest BCUT2D eigenvalue weighted by molar-refractivity contribution is 6.30. The summed E-state index contributed by atoms with van der Waals surface area (Å²) in [5, 5.41) is 3.71. The fourth-order valence-electron chi connectivity index (χ4n) is 2.71. The number of amides is 1. The Balaban J connectivity index is 1.77. The molecule has 3 rings (SSSR count). The van der Waals surface area contributed by atoms with E-state index in [1.54, 1.807) is 18.2 Å². The molecule has 138 valence electrons. The van der Waals surface area contributed by atoms with E-state index in [4.69, 9.17) is 16.3 Å². The Hall–Kier alpha value is -2.92. The molecule has 1 heterocycles. The molecule has 0 fully saturated rings. The largest absolute Gasteiger partial charge is 0.445 e. The van der Waals surface area contributed by atoms with Gasteiger partial charge in [0, 0.05) is 17.0 Å². The molecule has 0 radical (unpaired) electrons. The lowest BCUT2D eigenvalue weighted by Gasteiger charge is -2.19. The van der Waals surface area contributed by atoms with Gasteiger partial charge in [0.05, 0.1) is 11.6 Å². The van der Waals surface area contributed by atoms with E-state index in [-0.39, 0.29) is 17.6 Å². The van der Waals surface area contributed by atoms with E-state index in [1.165, 1.54) is 12.1 Å². The van der Waals surface area contributed by atoms with E-state index in [0.717, 1.165) is 10.9 Å². The van der Waals surface area contributed by atoms with Gasteiger partial charge in [0.15, 0.2) is 0 Å². The second-order valence-electron chi connectivity index (χ2n) is 5.99. The molecule has 6 heteroatoms. The summed E-state index contributed by atoms with van der Waals surface area (Å²) in [5.41, 5.74) is 1.96. The minimum Gasteiger partial charge on any atom is -0.445 e. The van der Waals surface area contributed by atoms with Crippen molar-refractivity contribution in [3.8, 4) is 0 Å². The van der Waals surface area contributed by atoms with Gasteiger partial charge in [-0.25, -0.2) is 14.2 Å². The molecule has 1 aromatic heterocycles. The zero-order valence-corrected chi connectivity index (χ0v) is 15.2. The maximum atomic E-state index is 13.4. The van der Waals surface area contributed by atoms with Gasteiger partial charge in [-0.3, -0.25) is 0 Å². The van der Waals surface area contributed by atoms with Crippen LogP contribution in [0.2, 0.25) is 5.15 Å². The third-order valence-electron chi connectivity index (χ3n) is 4.04. The van der Waals surface area contributed by atoms with Crippen LogP contribution in [0.15, 0.2) is 67.3 Å². The summed E-state index contributed by atoms with van der Waals surface area (Å²) in [5.74, 6) is -0.385. The van der Waals surface area contributed by atoms with Crippen LogP contribution in [-0.2, 0) is 11.3 Å². The zero-order valence-electron chi connectivity index (χ0n) is 14.5. The minimum atomic E-state index is -0.569. The van der Waals surface area contributed by atoms with Gasteiger partial charge in [-0.2, -0.15) is 0 Å². The molecule has 0 spiro atoms. The Labute approximate surface area is 161 Å². The maximum absolute atomic E-state index is 13.4. The molecule has 2 aromatic carbocycles. The zero-order chi connectivity index (χ0) is 19.2. The molecular weight excluding hydrogens is 367 g/mol. The lowest BCUT2D eigenvalue weighted by molar-refractivity contribution is 0.135. The highest BCUT2D eigenvalue weighted by atomic mass is 35.5. The van der Waals surface area contributed by atoms with E-state index in [2.05, 4.69) is 16.9 Å². The number of nitrogens with one attached hydrogen (secondary N) is 1. The van der Waals surface area contributed by atoms with Crippen LogP contribution in [0.5, 0.6) is 0 Å². The molecule has 0 aliphatic heterocycles. The first-order valence-electron chi connectivity index (χ1n) is 8.40. The van der Waals surface area contributed by atoms with E-state index in [9.17, 15) is 9.18 Å². The normalized spacial score (nSPS) is 11.8. The van der Waals surface area contributed by atoms with E-state index in [1.807, 2.05) is 30.3 Å². The summed E-state index contributed by atoms with van der Waals surface area (Å²) < 4.78 is 18.6. The van der Waals surface area contributed by atoms with Gasteiger partial charge in [-0.1, -0.05) is 48.0 Å². The van der Waals surface area contributed by atoms with Crippen LogP contribution in [0.25, 0.3) is 10.9 Å². The highest BCUT2D eigenvalue weighted by Gasteiger charge is 2.19. The molecule has 1 amide bonds. The second-order valence-corrected chi connectivity index (χ2v) is 6.35. The minimum absolute atomic E-state index is 0.163. The molecule has 0 aliphatic carbocycles. The standard InChI is InChI=1S/C21H18ClFN2O2/c1-2-6-18(25-21(26)27-13-14-7-4-3-5-8-14)17-11-15-9-10-16(23)12-19(15)24-20(17)22/h2-5,7-12,18H,1,6,13H2,(H,25,26). The SMILES string of the molecule is C=CCC(NC(=O)OCc1ccccc1)c1cc2ccc(F)cc2nc1Cl. The predicted molar refractivity (Wildman–Crippen MR) is 104 cm³/mol. The number of aromatic nitrogens is 1. The number of fused-ring (bicyclic) bond motifs is 1. The molecule has 1 unspecified atom stereocenters. The topological polar surface area (TPSA) is 51.2 Å². The van der Waals surface area contributed by atoms with Crippen molar-refractivity contribution < 1.29 is 13.9 Å². The number of carbonyl (C=O) groups excluding carboxylic acids is 1. The number of benzene rings is 2. The quantitative estimate of drug-likeness (QED) is 0.446. The van der Waals surface area contributed by atoms with Gasteiger partial charge >= 0.3 is 6.09 Å². The molecule has 3 aromatic rings. The number of nitrogens with zero attached hydrogens (tertiary/aromatic N) is 1. The van der Waals surface area contributed by atoms with Crippen molar-refractivity contribution >= 4 is 28.6 Å². The van der Waals surface area contributed by atoms with Gasteiger partial charge < -0.3 is 10.1 Å². The number of alkyl carbamates (subject to hydrolysis) is 1. The Morgan fingerprint density at radius 3 is 2.78 bits per heavy atom. The molecule has 0 saturated heterocycles. The number of carbonyl (C=O) groups is 1. The summed E-state index contributed by atoms with van der Waals surface area (Å²) in [6.07, 6.45) is 1.54. The molecule has 1 N–H and O–H groups in total. The first-order valence-corrected chi connectivity index (χ1v) is 8.78. The molecule has 0 bridgehead atoms. The van der Waals surface area contributed by atoms with Crippen LogP contribution in [-0.4, -0.2) is 11.1 Å². The Morgan fingerprint density at radius 2 is 2.04 bits per heavy atom. The van der Waals surface area contributed by atoms with Crippen molar-refractivity contribution in [2.24, 2.45) is 0 Å². The summed E-state index contributed by atoms with van der Waals surface area (Å²) in [4.78, 5) is 16.5. The van der Waals surface area contributed by atoms with Crippen LogP contribution in [0.1, 0.15) is 23.6 Å². The summed E-state index contributed by atoms with van der Waals surface area (Å²) in [6, 6.07) is 15.0. The number of pyridine rings is 1. The maximum Gasteiger partial charge on any atom is 0.407 e. The third kappa shape index (κ3) is 4.83. The molecule has 1 atom stereocenters. The highest BCUT2D eigenvalue weighted by Crippen LogP contribution is 2.28. The fraction of sp³-hybridized carbons (Fsp3) is 0.143. The van der Waals surface area contributed by atoms with E-state index >= 15 is 0 Å². The fourth-order valence-corrected chi connectivity index (χ4v) is 2.99.